The molecule has 2 fully saturated rings. The minimum absolute atomic E-state index is 0.123. The van der Waals surface area contributed by atoms with Crippen molar-refractivity contribution in [2.24, 2.45) is 11.5 Å². The molecule has 0 aromatic heterocycles. The monoisotopic (exact) mass is 366 g/mol. The van der Waals surface area contributed by atoms with Crippen LogP contribution >= 0.6 is 0 Å². The van der Waals surface area contributed by atoms with Crippen LogP contribution in [-0.2, 0) is 0 Å². The second-order valence-corrected chi connectivity index (χ2v) is 7.93. The number of para-hydroxylation sites is 1. The van der Waals surface area contributed by atoms with Gasteiger partial charge in [0, 0.05) is 17.6 Å². The lowest BCUT2D eigenvalue weighted by Crippen LogP contribution is -2.33. The Bertz CT molecular complexity index is 756. The third-order valence-electron chi connectivity index (χ3n) is 5.84. The molecular formula is C23H30N2O2. The first-order valence-corrected chi connectivity index (χ1v) is 10.2. The molecule has 0 amide bonds. The molecule has 27 heavy (non-hydrogen) atoms. The smallest absolute Gasteiger partial charge is 0.127 e. The SMILES string of the molecule is NC1CCC(Oc2ccccc2-c2cccc(OC3CCCC3N)c2)CC1. The summed E-state index contributed by atoms with van der Waals surface area (Å²) in [6, 6.07) is 17.0. The van der Waals surface area contributed by atoms with Gasteiger partial charge in [-0.1, -0.05) is 30.3 Å². The van der Waals surface area contributed by atoms with E-state index in [1.807, 2.05) is 18.2 Å². The molecule has 0 bridgehead atoms. The normalized spacial score (nSPS) is 28.1. The molecule has 2 saturated carbocycles. The Morgan fingerprint density at radius 3 is 2.37 bits per heavy atom. The van der Waals surface area contributed by atoms with Crippen LogP contribution in [0.4, 0.5) is 0 Å². The molecule has 0 heterocycles. The molecule has 0 saturated heterocycles. The number of hydrogen-bond donors (Lipinski definition) is 2. The van der Waals surface area contributed by atoms with Crippen LogP contribution in [0.5, 0.6) is 11.5 Å². The van der Waals surface area contributed by atoms with E-state index < -0.39 is 0 Å². The minimum atomic E-state index is 0.123. The molecular weight excluding hydrogens is 336 g/mol. The highest BCUT2D eigenvalue weighted by Crippen LogP contribution is 2.35. The molecule has 0 radical (unpaired) electrons. The van der Waals surface area contributed by atoms with Gasteiger partial charge in [-0.15, -0.1) is 0 Å². The summed E-state index contributed by atoms with van der Waals surface area (Å²) in [6.07, 6.45) is 7.74. The van der Waals surface area contributed by atoms with Crippen LogP contribution in [0.1, 0.15) is 44.9 Å². The van der Waals surface area contributed by atoms with E-state index in [0.717, 1.165) is 67.6 Å². The fraction of sp³-hybridized carbons (Fsp3) is 0.478. The topological polar surface area (TPSA) is 70.5 Å². The summed E-state index contributed by atoms with van der Waals surface area (Å²) in [5.41, 5.74) is 14.4. The predicted molar refractivity (Wildman–Crippen MR) is 109 cm³/mol. The van der Waals surface area contributed by atoms with Gasteiger partial charge in [-0.25, -0.2) is 0 Å². The van der Waals surface area contributed by atoms with Crippen molar-refractivity contribution >= 4 is 0 Å². The molecule has 0 spiro atoms. The maximum Gasteiger partial charge on any atom is 0.127 e. The van der Waals surface area contributed by atoms with Gasteiger partial charge in [-0.3, -0.25) is 0 Å². The number of benzene rings is 2. The van der Waals surface area contributed by atoms with Crippen molar-refractivity contribution in [3.05, 3.63) is 48.5 Å². The van der Waals surface area contributed by atoms with Gasteiger partial charge in [-0.05, 0) is 68.7 Å². The molecule has 2 aromatic rings. The van der Waals surface area contributed by atoms with Crippen molar-refractivity contribution in [1.82, 2.24) is 0 Å². The second kappa shape index (κ2) is 8.32. The Balaban J connectivity index is 1.52. The standard InChI is InChI=1S/C23H30N2O2/c24-17-11-13-18(14-12-17)26-22-9-2-1-7-20(22)16-5-3-6-19(15-16)27-23-10-4-8-21(23)25/h1-3,5-7,9,15,17-18,21,23H,4,8,10-14,24-25H2. The number of rotatable bonds is 5. The average molecular weight is 367 g/mol. The van der Waals surface area contributed by atoms with Crippen LogP contribution in [-0.4, -0.2) is 24.3 Å². The Labute approximate surface area is 161 Å². The Kier molecular flexibility index (Phi) is 5.65. The predicted octanol–water partition coefficient (Wildman–Crippen LogP) is 4.26. The van der Waals surface area contributed by atoms with E-state index in [1.165, 1.54) is 0 Å². The van der Waals surface area contributed by atoms with Gasteiger partial charge < -0.3 is 20.9 Å². The van der Waals surface area contributed by atoms with E-state index in [4.69, 9.17) is 20.9 Å². The van der Waals surface area contributed by atoms with Gasteiger partial charge in [0.05, 0.1) is 6.10 Å². The lowest BCUT2D eigenvalue weighted by Gasteiger charge is -2.27. The maximum absolute atomic E-state index is 6.36. The lowest BCUT2D eigenvalue weighted by molar-refractivity contribution is 0.148. The number of hydrogen-bond acceptors (Lipinski definition) is 4. The molecule has 2 atom stereocenters. The number of ether oxygens (including phenoxy) is 2. The van der Waals surface area contributed by atoms with Gasteiger partial charge >= 0.3 is 0 Å². The zero-order valence-corrected chi connectivity index (χ0v) is 15.8. The molecule has 4 heteroatoms. The van der Waals surface area contributed by atoms with Crippen molar-refractivity contribution in [2.75, 3.05) is 0 Å². The minimum Gasteiger partial charge on any atom is -0.490 e. The first-order valence-electron chi connectivity index (χ1n) is 10.2. The van der Waals surface area contributed by atoms with Crippen molar-refractivity contribution in [1.29, 1.82) is 0 Å². The highest BCUT2D eigenvalue weighted by Gasteiger charge is 2.26. The van der Waals surface area contributed by atoms with Crippen LogP contribution in [0.2, 0.25) is 0 Å². The summed E-state index contributed by atoms with van der Waals surface area (Å²) in [5.74, 6) is 1.82. The number of nitrogens with two attached hydrogens (primary N) is 2. The van der Waals surface area contributed by atoms with Crippen LogP contribution in [0, 0.1) is 0 Å². The molecule has 4 rings (SSSR count). The van der Waals surface area contributed by atoms with E-state index in [9.17, 15) is 0 Å². The van der Waals surface area contributed by atoms with Gasteiger partial charge in [0.2, 0.25) is 0 Å². The Morgan fingerprint density at radius 2 is 1.59 bits per heavy atom. The second-order valence-electron chi connectivity index (χ2n) is 7.93. The van der Waals surface area contributed by atoms with Crippen molar-refractivity contribution in [3.63, 3.8) is 0 Å². The summed E-state index contributed by atoms with van der Waals surface area (Å²) in [6.45, 7) is 0. The van der Waals surface area contributed by atoms with Crippen LogP contribution < -0.4 is 20.9 Å². The van der Waals surface area contributed by atoms with E-state index in [0.29, 0.717) is 6.04 Å². The van der Waals surface area contributed by atoms with E-state index in [-0.39, 0.29) is 18.2 Å². The molecule has 2 aliphatic rings. The first-order chi connectivity index (χ1) is 13.2. The summed E-state index contributed by atoms with van der Waals surface area (Å²) >= 11 is 0. The van der Waals surface area contributed by atoms with E-state index in [2.05, 4.69) is 30.3 Å². The van der Waals surface area contributed by atoms with Crippen LogP contribution in [0.3, 0.4) is 0 Å². The summed E-state index contributed by atoms with van der Waals surface area (Å²) in [5, 5.41) is 0. The van der Waals surface area contributed by atoms with Gasteiger partial charge in [0.15, 0.2) is 0 Å². The van der Waals surface area contributed by atoms with E-state index in [1.54, 1.807) is 0 Å². The summed E-state index contributed by atoms with van der Waals surface area (Å²) in [4.78, 5) is 0. The Morgan fingerprint density at radius 1 is 0.778 bits per heavy atom. The third-order valence-corrected chi connectivity index (χ3v) is 5.84. The van der Waals surface area contributed by atoms with Crippen molar-refractivity contribution < 1.29 is 9.47 Å². The molecule has 2 unspecified atom stereocenters. The zero-order valence-electron chi connectivity index (χ0n) is 15.8. The highest BCUT2D eigenvalue weighted by atomic mass is 16.5. The largest absolute Gasteiger partial charge is 0.490 e. The maximum atomic E-state index is 6.36. The average Bonchev–Trinajstić information content (AvgIpc) is 3.09. The summed E-state index contributed by atoms with van der Waals surface area (Å²) < 4.78 is 12.5. The molecule has 2 aliphatic carbocycles. The lowest BCUT2D eigenvalue weighted by atomic mass is 9.93. The fourth-order valence-corrected chi connectivity index (χ4v) is 4.21. The molecule has 4 nitrogen and oxygen atoms in total. The fourth-order valence-electron chi connectivity index (χ4n) is 4.21. The van der Waals surface area contributed by atoms with Crippen molar-refractivity contribution in [3.8, 4) is 22.6 Å². The zero-order chi connectivity index (χ0) is 18.6. The molecule has 4 N–H and O–H groups in total. The quantitative estimate of drug-likeness (QED) is 0.829. The van der Waals surface area contributed by atoms with Crippen LogP contribution in [0.25, 0.3) is 11.1 Å². The summed E-state index contributed by atoms with van der Waals surface area (Å²) in [7, 11) is 0. The Hall–Kier alpha value is -2.04. The van der Waals surface area contributed by atoms with Gasteiger partial charge in [0.25, 0.3) is 0 Å². The van der Waals surface area contributed by atoms with Crippen LogP contribution in [0.15, 0.2) is 48.5 Å². The van der Waals surface area contributed by atoms with Gasteiger partial charge in [-0.2, -0.15) is 0 Å². The third kappa shape index (κ3) is 4.45. The molecule has 0 aliphatic heterocycles. The molecule has 144 valence electrons. The highest BCUT2D eigenvalue weighted by molar-refractivity contribution is 5.71. The van der Waals surface area contributed by atoms with Crippen molar-refractivity contribution in [2.45, 2.75) is 69.2 Å². The van der Waals surface area contributed by atoms with E-state index >= 15 is 0 Å². The first kappa shape index (κ1) is 18.3. The van der Waals surface area contributed by atoms with Gasteiger partial charge in [0.1, 0.15) is 17.6 Å². The molecule has 2 aromatic carbocycles.